The van der Waals surface area contributed by atoms with Crippen LogP contribution >= 0.6 is 0 Å². The van der Waals surface area contributed by atoms with Crippen LogP contribution in [0.1, 0.15) is 17.3 Å². The Hall–Kier alpha value is -1.51. The van der Waals surface area contributed by atoms with Gasteiger partial charge in [-0.25, -0.2) is 0 Å². The molecular formula is C9H10NO2. The van der Waals surface area contributed by atoms with Crippen LogP contribution in [0.4, 0.5) is 5.69 Å². The lowest BCUT2D eigenvalue weighted by atomic mass is 10.1. The van der Waals surface area contributed by atoms with Gasteiger partial charge in [0.15, 0.2) is 5.78 Å². The van der Waals surface area contributed by atoms with E-state index in [1.165, 1.54) is 14.0 Å². The van der Waals surface area contributed by atoms with Crippen molar-refractivity contribution < 1.29 is 9.53 Å². The molecule has 63 valence electrons. The fourth-order valence-electron chi connectivity index (χ4n) is 1.03. The van der Waals surface area contributed by atoms with Gasteiger partial charge in [-0.2, -0.15) is 0 Å². The van der Waals surface area contributed by atoms with Crippen LogP contribution in [0.2, 0.25) is 0 Å². The van der Waals surface area contributed by atoms with Gasteiger partial charge in [0.2, 0.25) is 0 Å². The third kappa shape index (κ3) is 1.39. The first-order valence-corrected chi connectivity index (χ1v) is 3.52. The molecule has 0 bridgehead atoms. The van der Waals surface area contributed by atoms with Crippen molar-refractivity contribution in [2.24, 2.45) is 0 Å². The van der Waals surface area contributed by atoms with E-state index in [2.05, 4.69) is 6.07 Å². The van der Waals surface area contributed by atoms with E-state index in [1.54, 1.807) is 12.1 Å². The van der Waals surface area contributed by atoms with Gasteiger partial charge in [-0.15, -0.1) is 0 Å². The second-order valence-electron chi connectivity index (χ2n) is 2.39. The van der Waals surface area contributed by atoms with Crippen molar-refractivity contribution in [3.8, 4) is 5.75 Å². The molecule has 3 heteroatoms. The number of nitrogens with two attached hydrogens (primary N) is 1. The molecule has 1 radical (unpaired) electrons. The van der Waals surface area contributed by atoms with Gasteiger partial charge in [0.1, 0.15) is 5.75 Å². The molecule has 1 aromatic carbocycles. The minimum Gasteiger partial charge on any atom is -0.496 e. The molecule has 2 N–H and O–H groups in total. The van der Waals surface area contributed by atoms with E-state index in [4.69, 9.17) is 10.5 Å². The molecule has 0 aromatic heterocycles. The summed E-state index contributed by atoms with van der Waals surface area (Å²) >= 11 is 0. The maximum atomic E-state index is 11.1. The third-order valence-corrected chi connectivity index (χ3v) is 1.56. The van der Waals surface area contributed by atoms with Crippen LogP contribution in [0.15, 0.2) is 12.1 Å². The zero-order valence-corrected chi connectivity index (χ0v) is 7.05. The minimum atomic E-state index is -0.110. The number of nitrogen functional groups attached to an aromatic ring is 1. The van der Waals surface area contributed by atoms with E-state index in [0.29, 0.717) is 17.0 Å². The van der Waals surface area contributed by atoms with Crippen molar-refractivity contribution in [2.75, 3.05) is 12.8 Å². The molecule has 1 aromatic rings. The number of carbonyl (C=O) groups is 1. The van der Waals surface area contributed by atoms with E-state index >= 15 is 0 Å². The van der Waals surface area contributed by atoms with E-state index in [9.17, 15) is 4.79 Å². The van der Waals surface area contributed by atoms with Crippen LogP contribution in [0.3, 0.4) is 0 Å². The third-order valence-electron chi connectivity index (χ3n) is 1.56. The lowest BCUT2D eigenvalue weighted by Crippen LogP contribution is -2.02. The van der Waals surface area contributed by atoms with Gasteiger partial charge in [-0.1, -0.05) is 0 Å². The molecule has 12 heavy (non-hydrogen) atoms. The molecule has 0 spiro atoms. The van der Waals surface area contributed by atoms with Crippen molar-refractivity contribution >= 4 is 11.5 Å². The number of rotatable bonds is 2. The van der Waals surface area contributed by atoms with Crippen LogP contribution in [0, 0.1) is 6.07 Å². The van der Waals surface area contributed by atoms with Gasteiger partial charge in [0.05, 0.1) is 18.4 Å². The standard InChI is InChI=1S/C9H10NO2/c1-6(11)9-7(10)4-3-5-8(9)12-2/h3,5H,10H2,1-2H3. The molecule has 0 aliphatic carbocycles. The molecular weight excluding hydrogens is 154 g/mol. The van der Waals surface area contributed by atoms with Gasteiger partial charge in [0, 0.05) is 6.07 Å². The van der Waals surface area contributed by atoms with E-state index in [-0.39, 0.29) is 5.78 Å². The summed E-state index contributed by atoms with van der Waals surface area (Å²) < 4.78 is 4.97. The van der Waals surface area contributed by atoms with E-state index in [1.807, 2.05) is 0 Å². The minimum absolute atomic E-state index is 0.110. The number of Topliss-reactive ketones (excluding diaryl/α,β-unsaturated/α-hetero) is 1. The van der Waals surface area contributed by atoms with Gasteiger partial charge < -0.3 is 10.5 Å². The number of anilines is 1. The van der Waals surface area contributed by atoms with Crippen molar-refractivity contribution in [1.82, 2.24) is 0 Å². The highest BCUT2D eigenvalue weighted by molar-refractivity contribution is 6.01. The number of methoxy groups -OCH3 is 1. The summed E-state index contributed by atoms with van der Waals surface area (Å²) in [6.07, 6.45) is 0. The maximum absolute atomic E-state index is 11.1. The number of hydrogen-bond donors (Lipinski definition) is 1. The highest BCUT2D eigenvalue weighted by Gasteiger charge is 2.10. The van der Waals surface area contributed by atoms with Gasteiger partial charge >= 0.3 is 0 Å². The van der Waals surface area contributed by atoms with Crippen LogP contribution in [-0.2, 0) is 0 Å². The van der Waals surface area contributed by atoms with Crippen molar-refractivity contribution in [1.29, 1.82) is 0 Å². The number of benzene rings is 1. The largest absolute Gasteiger partial charge is 0.496 e. The number of carbonyl (C=O) groups excluding carboxylic acids is 1. The Bertz CT molecular complexity index is 307. The summed E-state index contributed by atoms with van der Waals surface area (Å²) in [5.74, 6) is 0.389. The number of ether oxygens (including phenoxy) is 1. The first-order chi connectivity index (χ1) is 5.66. The molecule has 0 amide bonds. The molecule has 1 rings (SSSR count). The SMILES string of the molecule is COc1cc[c]c(N)c1C(C)=O. The highest BCUT2D eigenvalue weighted by atomic mass is 16.5. The normalized spacial score (nSPS) is 9.50. The van der Waals surface area contributed by atoms with Crippen LogP contribution < -0.4 is 10.5 Å². The molecule has 0 heterocycles. The molecule has 0 saturated carbocycles. The molecule has 0 fully saturated rings. The number of ketones is 1. The first-order valence-electron chi connectivity index (χ1n) is 3.52. The summed E-state index contributed by atoms with van der Waals surface area (Å²) in [4.78, 5) is 11.1. The second-order valence-corrected chi connectivity index (χ2v) is 2.39. The summed E-state index contributed by atoms with van der Waals surface area (Å²) in [6.45, 7) is 1.45. The lowest BCUT2D eigenvalue weighted by Gasteiger charge is -2.06. The van der Waals surface area contributed by atoms with Crippen molar-refractivity contribution in [2.45, 2.75) is 6.92 Å². The lowest BCUT2D eigenvalue weighted by molar-refractivity contribution is 0.101. The van der Waals surface area contributed by atoms with Gasteiger partial charge in [-0.05, 0) is 19.1 Å². The van der Waals surface area contributed by atoms with E-state index < -0.39 is 0 Å². The van der Waals surface area contributed by atoms with E-state index in [0.717, 1.165) is 0 Å². The molecule has 0 unspecified atom stereocenters. The molecule has 0 saturated heterocycles. The van der Waals surface area contributed by atoms with Crippen molar-refractivity contribution in [3.05, 3.63) is 23.8 Å². The zero-order valence-electron chi connectivity index (χ0n) is 7.05. The van der Waals surface area contributed by atoms with Crippen LogP contribution in [-0.4, -0.2) is 12.9 Å². The average Bonchev–Trinajstić information content (AvgIpc) is 2.03. The summed E-state index contributed by atoms with van der Waals surface area (Å²) in [5.41, 5.74) is 6.28. The molecule has 0 aliphatic heterocycles. The highest BCUT2D eigenvalue weighted by Crippen LogP contribution is 2.23. The smallest absolute Gasteiger partial charge is 0.165 e. The molecule has 0 atom stereocenters. The predicted octanol–water partition coefficient (Wildman–Crippen LogP) is 1.28. The molecule has 0 aliphatic rings. The quantitative estimate of drug-likeness (QED) is 0.529. The Kier molecular flexibility index (Phi) is 2.33. The fraction of sp³-hybridized carbons (Fsp3) is 0.222. The summed E-state index contributed by atoms with van der Waals surface area (Å²) in [6, 6.07) is 6.02. The topological polar surface area (TPSA) is 52.3 Å². The van der Waals surface area contributed by atoms with Crippen molar-refractivity contribution in [3.63, 3.8) is 0 Å². The van der Waals surface area contributed by atoms with Gasteiger partial charge in [-0.3, -0.25) is 4.79 Å². The van der Waals surface area contributed by atoms with Gasteiger partial charge in [0.25, 0.3) is 0 Å². The second kappa shape index (κ2) is 3.26. The monoisotopic (exact) mass is 164 g/mol. The average molecular weight is 164 g/mol. The Labute approximate surface area is 71.1 Å². The Morgan fingerprint density at radius 1 is 1.67 bits per heavy atom. The summed E-state index contributed by atoms with van der Waals surface area (Å²) in [5, 5.41) is 0. The Morgan fingerprint density at radius 3 is 2.75 bits per heavy atom. The maximum Gasteiger partial charge on any atom is 0.165 e. The number of hydrogen-bond acceptors (Lipinski definition) is 3. The molecule has 3 nitrogen and oxygen atoms in total. The fourth-order valence-corrected chi connectivity index (χ4v) is 1.03. The first kappa shape index (κ1) is 8.59. The Morgan fingerprint density at radius 2 is 2.33 bits per heavy atom. The van der Waals surface area contributed by atoms with Crippen LogP contribution in [0.25, 0.3) is 0 Å². The summed E-state index contributed by atoms with van der Waals surface area (Å²) in [7, 11) is 1.50. The Balaban J connectivity index is 3.29. The zero-order chi connectivity index (χ0) is 9.14. The van der Waals surface area contributed by atoms with Crippen LogP contribution in [0.5, 0.6) is 5.75 Å². The predicted molar refractivity (Wildman–Crippen MR) is 46.2 cm³/mol.